The molecule has 2 aromatic heterocycles. The van der Waals surface area contributed by atoms with E-state index in [9.17, 15) is 9.18 Å². The van der Waals surface area contributed by atoms with Gasteiger partial charge in [-0.3, -0.25) is 9.78 Å². The second-order valence-corrected chi connectivity index (χ2v) is 5.93. The molecule has 2 bridgehead atoms. The van der Waals surface area contributed by atoms with Crippen molar-refractivity contribution in [3.05, 3.63) is 52.5 Å². The van der Waals surface area contributed by atoms with E-state index in [0.29, 0.717) is 23.0 Å². The lowest BCUT2D eigenvalue weighted by molar-refractivity contribution is 0.257. The van der Waals surface area contributed by atoms with Crippen molar-refractivity contribution in [2.45, 2.75) is 18.9 Å². The minimum absolute atomic E-state index is 0.0321. The van der Waals surface area contributed by atoms with Crippen LogP contribution in [-0.2, 0) is 6.54 Å². The van der Waals surface area contributed by atoms with Gasteiger partial charge in [0.15, 0.2) is 0 Å². The number of hydrogen-bond acceptors (Lipinski definition) is 3. The summed E-state index contributed by atoms with van der Waals surface area (Å²) in [6.07, 6.45) is 3.84. The summed E-state index contributed by atoms with van der Waals surface area (Å²) in [5.74, 6) is 0.477. The Morgan fingerprint density at radius 3 is 3.10 bits per heavy atom. The van der Waals surface area contributed by atoms with Crippen molar-refractivity contribution in [1.29, 1.82) is 0 Å². The van der Waals surface area contributed by atoms with Crippen LogP contribution < -0.4 is 10.9 Å². The van der Waals surface area contributed by atoms with E-state index in [4.69, 9.17) is 0 Å². The molecular weight excluding hydrogens is 269 g/mol. The number of nitrogens with zero attached hydrogens (tertiary/aromatic N) is 2. The Kier molecular flexibility index (Phi) is 2.89. The smallest absolute Gasteiger partial charge is 0.251 e. The van der Waals surface area contributed by atoms with Crippen LogP contribution in [0.1, 0.15) is 18.0 Å². The van der Waals surface area contributed by atoms with E-state index < -0.39 is 5.82 Å². The van der Waals surface area contributed by atoms with E-state index in [1.165, 1.54) is 12.3 Å². The molecular formula is C16H16FN3O. The van der Waals surface area contributed by atoms with Crippen molar-refractivity contribution in [3.63, 3.8) is 0 Å². The van der Waals surface area contributed by atoms with Crippen molar-refractivity contribution >= 4 is 0 Å². The van der Waals surface area contributed by atoms with Gasteiger partial charge in [-0.15, -0.1) is 0 Å². The zero-order valence-electron chi connectivity index (χ0n) is 11.6. The van der Waals surface area contributed by atoms with E-state index in [0.717, 1.165) is 31.7 Å². The summed E-state index contributed by atoms with van der Waals surface area (Å²) in [6, 6.07) is 5.12. The van der Waals surface area contributed by atoms with Gasteiger partial charge in [0.2, 0.25) is 0 Å². The first-order valence-corrected chi connectivity index (χ1v) is 7.28. The molecule has 2 atom stereocenters. The molecule has 4 heterocycles. The largest absolute Gasteiger partial charge is 0.316 e. The lowest BCUT2D eigenvalue weighted by Crippen LogP contribution is -2.44. The number of rotatable bonds is 1. The molecule has 5 heteroatoms. The molecule has 2 aliphatic heterocycles. The summed E-state index contributed by atoms with van der Waals surface area (Å²) in [6.45, 7) is 2.62. The summed E-state index contributed by atoms with van der Waals surface area (Å²) in [5, 5.41) is 3.42. The maximum absolute atomic E-state index is 13.9. The van der Waals surface area contributed by atoms with Crippen LogP contribution >= 0.6 is 0 Å². The van der Waals surface area contributed by atoms with Crippen molar-refractivity contribution in [2.75, 3.05) is 13.1 Å². The van der Waals surface area contributed by atoms with Crippen molar-refractivity contribution in [2.24, 2.45) is 5.92 Å². The Balaban J connectivity index is 1.88. The second-order valence-electron chi connectivity index (χ2n) is 5.93. The van der Waals surface area contributed by atoms with Gasteiger partial charge in [0.05, 0.1) is 6.20 Å². The predicted molar refractivity (Wildman–Crippen MR) is 77.6 cm³/mol. The molecule has 21 heavy (non-hydrogen) atoms. The third kappa shape index (κ3) is 2.08. The van der Waals surface area contributed by atoms with E-state index in [-0.39, 0.29) is 5.56 Å². The highest BCUT2D eigenvalue weighted by Gasteiger charge is 2.31. The fourth-order valence-corrected chi connectivity index (χ4v) is 3.57. The van der Waals surface area contributed by atoms with Crippen LogP contribution in [0, 0.1) is 11.7 Å². The normalized spacial score (nSPS) is 23.7. The van der Waals surface area contributed by atoms with Gasteiger partial charge >= 0.3 is 0 Å². The first-order chi connectivity index (χ1) is 10.2. The molecule has 1 fully saturated rings. The quantitative estimate of drug-likeness (QED) is 0.868. The Morgan fingerprint density at radius 2 is 2.24 bits per heavy atom. The highest BCUT2D eigenvalue weighted by molar-refractivity contribution is 5.63. The zero-order valence-corrected chi connectivity index (χ0v) is 11.6. The maximum atomic E-state index is 13.9. The molecule has 0 aliphatic carbocycles. The number of pyridine rings is 2. The zero-order chi connectivity index (χ0) is 14.4. The second kappa shape index (κ2) is 4.77. The highest BCUT2D eigenvalue weighted by atomic mass is 19.1. The number of halogens is 1. The van der Waals surface area contributed by atoms with Crippen molar-refractivity contribution in [3.8, 4) is 11.1 Å². The van der Waals surface area contributed by atoms with Crippen LogP contribution in [0.5, 0.6) is 0 Å². The molecule has 0 unspecified atom stereocenters. The van der Waals surface area contributed by atoms with Crippen LogP contribution in [0.3, 0.4) is 0 Å². The fraction of sp³-hybridized carbons (Fsp3) is 0.375. The third-order valence-corrected chi connectivity index (χ3v) is 4.54. The molecule has 0 aromatic carbocycles. The molecule has 4 nitrogen and oxygen atoms in total. The summed E-state index contributed by atoms with van der Waals surface area (Å²) >= 11 is 0. The number of nitrogens with one attached hydrogen (secondary N) is 1. The van der Waals surface area contributed by atoms with Gasteiger partial charge in [-0.05, 0) is 36.6 Å². The highest BCUT2D eigenvalue weighted by Crippen LogP contribution is 2.33. The Morgan fingerprint density at radius 1 is 1.33 bits per heavy atom. The van der Waals surface area contributed by atoms with Crippen LogP contribution in [-0.4, -0.2) is 22.6 Å². The third-order valence-electron chi connectivity index (χ3n) is 4.54. The van der Waals surface area contributed by atoms with Gasteiger partial charge in [0.1, 0.15) is 5.82 Å². The van der Waals surface area contributed by atoms with Crippen LogP contribution in [0.2, 0.25) is 0 Å². The number of aromatic nitrogens is 2. The average molecular weight is 285 g/mol. The SMILES string of the molecule is O=c1cc(-c2ccncc2F)cc2n1C[C@@H]1CNC[C@H]2C1. The van der Waals surface area contributed by atoms with Gasteiger partial charge in [-0.25, -0.2) is 4.39 Å². The summed E-state index contributed by atoms with van der Waals surface area (Å²) < 4.78 is 15.8. The number of piperidine rings is 1. The first-order valence-electron chi connectivity index (χ1n) is 7.28. The van der Waals surface area contributed by atoms with E-state index in [2.05, 4.69) is 10.3 Å². The number of hydrogen-bond donors (Lipinski definition) is 1. The molecule has 2 aliphatic rings. The molecule has 2 aromatic rings. The predicted octanol–water partition coefficient (Wildman–Crippen LogP) is 1.76. The fourth-order valence-electron chi connectivity index (χ4n) is 3.57. The van der Waals surface area contributed by atoms with Crippen LogP contribution in [0.25, 0.3) is 11.1 Å². The van der Waals surface area contributed by atoms with Gasteiger partial charge in [-0.2, -0.15) is 0 Å². The number of fused-ring (bicyclic) bond motifs is 4. The summed E-state index contributed by atoms with van der Waals surface area (Å²) in [7, 11) is 0. The van der Waals surface area contributed by atoms with Crippen molar-refractivity contribution < 1.29 is 4.39 Å². The van der Waals surface area contributed by atoms with E-state index in [1.54, 1.807) is 12.3 Å². The Hall–Kier alpha value is -2.01. The molecule has 1 saturated heterocycles. The summed E-state index contributed by atoms with van der Waals surface area (Å²) in [5.41, 5.74) is 2.08. The standard InChI is InChI=1S/C16H16FN3O/c17-14-8-18-2-1-13(14)11-4-15-12-3-10(6-19-7-12)9-20(15)16(21)5-11/h1-2,4-5,8,10,12,19H,3,6-7,9H2/t10-,12+/m0/s1. The van der Waals surface area contributed by atoms with Crippen LogP contribution in [0.15, 0.2) is 35.4 Å². The molecule has 0 amide bonds. The molecule has 0 saturated carbocycles. The van der Waals surface area contributed by atoms with Gasteiger partial charge in [0.25, 0.3) is 5.56 Å². The molecule has 4 rings (SSSR count). The molecule has 1 N–H and O–H groups in total. The lowest BCUT2D eigenvalue weighted by atomic mass is 9.83. The monoisotopic (exact) mass is 285 g/mol. The van der Waals surface area contributed by atoms with Gasteiger partial charge < -0.3 is 9.88 Å². The van der Waals surface area contributed by atoms with Crippen LogP contribution in [0.4, 0.5) is 4.39 Å². The molecule has 0 spiro atoms. The topological polar surface area (TPSA) is 46.9 Å². The molecule has 108 valence electrons. The Labute approximate surface area is 121 Å². The first kappa shape index (κ1) is 12.7. The minimum Gasteiger partial charge on any atom is -0.316 e. The summed E-state index contributed by atoms with van der Waals surface area (Å²) in [4.78, 5) is 16.2. The lowest BCUT2D eigenvalue weighted by Gasteiger charge is -2.37. The van der Waals surface area contributed by atoms with Gasteiger partial charge in [-0.1, -0.05) is 0 Å². The van der Waals surface area contributed by atoms with Crippen molar-refractivity contribution in [1.82, 2.24) is 14.9 Å². The molecule has 0 radical (unpaired) electrons. The average Bonchev–Trinajstić information content (AvgIpc) is 2.49. The Bertz CT molecular complexity index is 755. The maximum Gasteiger partial charge on any atom is 0.251 e. The van der Waals surface area contributed by atoms with Gasteiger partial charge in [0, 0.05) is 42.5 Å². The minimum atomic E-state index is -0.391. The van der Waals surface area contributed by atoms with E-state index in [1.807, 2.05) is 10.6 Å². The van der Waals surface area contributed by atoms with E-state index >= 15 is 0 Å².